The van der Waals surface area contributed by atoms with Crippen LogP contribution in [0.25, 0.3) is 0 Å². The first-order chi connectivity index (χ1) is 13.6. The van der Waals surface area contributed by atoms with Crippen LogP contribution in [0.5, 0.6) is 11.5 Å². The average molecular weight is 398 g/mol. The lowest BCUT2D eigenvalue weighted by Crippen LogP contribution is -2.03. The number of Topliss-reactive ketones (excluding diaryl/α,β-unsaturated/α-hetero) is 1. The van der Waals surface area contributed by atoms with Gasteiger partial charge in [-0.2, -0.15) is 0 Å². The van der Waals surface area contributed by atoms with E-state index in [9.17, 15) is 4.79 Å². The molecular formula is C21H22N2O4S. The molecule has 1 aromatic heterocycles. The number of ketones is 1. The summed E-state index contributed by atoms with van der Waals surface area (Å²) in [6.45, 7) is 2.12. The van der Waals surface area contributed by atoms with Gasteiger partial charge in [0.25, 0.3) is 5.22 Å². The van der Waals surface area contributed by atoms with Gasteiger partial charge in [-0.05, 0) is 29.7 Å². The molecule has 0 aliphatic rings. The normalized spacial score (nSPS) is 11.8. The van der Waals surface area contributed by atoms with Crippen molar-refractivity contribution in [2.75, 3.05) is 20.0 Å². The highest BCUT2D eigenvalue weighted by Gasteiger charge is 2.15. The van der Waals surface area contributed by atoms with Crippen LogP contribution in [0, 0.1) is 0 Å². The molecule has 1 atom stereocenters. The van der Waals surface area contributed by atoms with Gasteiger partial charge < -0.3 is 13.9 Å². The van der Waals surface area contributed by atoms with Crippen LogP contribution in [0.3, 0.4) is 0 Å². The first kappa shape index (κ1) is 19.9. The van der Waals surface area contributed by atoms with Crippen LogP contribution in [-0.2, 0) is 6.42 Å². The number of carbonyl (C=O) groups excluding carboxylic acids is 1. The molecule has 0 saturated heterocycles. The van der Waals surface area contributed by atoms with Crippen molar-refractivity contribution in [2.45, 2.75) is 24.5 Å². The zero-order valence-corrected chi connectivity index (χ0v) is 16.9. The van der Waals surface area contributed by atoms with Crippen LogP contribution in [0.15, 0.2) is 58.2 Å². The van der Waals surface area contributed by atoms with Crippen LogP contribution >= 0.6 is 11.8 Å². The van der Waals surface area contributed by atoms with E-state index >= 15 is 0 Å². The van der Waals surface area contributed by atoms with E-state index < -0.39 is 0 Å². The molecule has 28 heavy (non-hydrogen) atoms. The second-order valence-electron chi connectivity index (χ2n) is 6.26. The summed E-state index contributed by atoms with van der Waals surface area (Å²) in [4.78, 5) is 12.4. The third-order valence-electron chi connectivity index (χ3n) is 4.33. The van der Waals surface area contributed by atoms with Crippen LogP contribution in [0.4, 0.5) is 0 Å². The molecule has 1 unspecified atom stereocenters. The first-order valence-electron chi connectivity index (χ1n) is 8.86. The van der Waals surface area contributed by atoms with Crippen molar-refractivity contribution in [3.05, 3.63) is 65.5 Å². The topological polar surface area (TPSA) is 74.5 Å². The largest absolute Gasteiger partial charge is 0.493 e. The van der Waals surface area contributed by atoms with Gasteiger partial charge in [-0.1, -0.05) is 49.0 Å². The van der Waals surface area contributed by atoms with Crippen molar-refractivity contribution in [2.24, 2.45) is 0 Å². The van der Waals surface area contributed by atoms with Crippen molar-refractivity contribution >= 4 is 17.5 Å². The molecule has 2 aromatic carbocycles. The molecule has 0 N–H and O–H groups in total. The summed E-state index contributed by atoms with van der Waals surface area (Å²) in [5.74, 6) is 2.09. The van der Waals surface area contributed by atoms with Crippen molar-refractivity contribution < 1.29 is 18.7 Å². The lowest BCUT2D eigenvalue weighted by atomic mass is 9.98. The summed E-state index contributed by atoms with van der Waals surface area (Å²) in [6.07, 6.45) is 0.654. The minimum atomic E-state index is -0.0524. The Labute approximate surface area is 168 Å². The van der Waals surface area contributed by atoms with E-state index in [0.29, 0.717) is 34.6 Å². The second kappa shape index (κ2) is 9.41. The van der Waals surface area contributed by atoms with Crippen molar-refractivity contribution in [3.63, 3.8) is 0 Å². The maximum absolute atomic E-state index is 12.4. The second-order valence-corrected chi connectivity index (χ2v) is 7.19. The predicted molar refractivity (Wildman–Crippen MR) is 107 cm³/mol. The zero-order chi connectivity index (χ0) is 19.9. The van der Waals surface area contributed by atoms with E-state index in [1.165, 1.54) is 24.4 Å². The smallest absolute Gasteiger partial charge is 0.277 e. The Morgan fingerprint density at radius 3 is 2.54 bits per heavy atom. The Morgan fingerprint density at radius 2 is 1.82 bits per heavy atom. The fraction of sp³-hybridized carbons (Fsp3) is 0.286. The van der Waals surface area contributed by atoms with Gasteiger partial charge in [0.05, 0.1) is 20.0 Å². The third-order valence-corrected chi connectivity index (χ3v) is 5.15. The molecule has 0 aliphatic heterocycles. The van der Waals surface area contributed by atoms with E-state index in [1.54, 1.807) is 25.3 Å². The van der Waals surface area contributed by atoms with Gasteiger partial charge >= 0.3 is 0 Å². The number of benzene rings is 2. The fourth-order valence-corrected chi connectivity index (χ4v) is 3.44. The highest BCUT2D eigenvalue weighted by atomic mass is 32.2. The molecule has 7 heteroatoms. The molecule has 1 heterocycles. The highest BCUT2D eigenvalue weighted by Crippen LogP contribution is 2.29. The minimum absolute atomic E-state index is 0.0524. The van der Waals surface area contributed by atoms with Crippen molar-refractivity contribution in [1.82, 2.24) is 10.2 Å². The average Bonchev–Trinajstić information content (AvgIpc) is 3.19. The van der Waals surface area contributed by atoms with Gasteiger partial charge in [0.1, 0.15) is 0 Å². The Bertz CT molecular complexity index is 927. The van der Waals surface area contributed by atoms with E-state index in [4.69, 9.17) is 13.9 Å². The Hall–Kier alpha value is -2.80. The van der Waals surface area contributed by atoms with E-state index in [0.717, 1.165) is 0 Å². The molecule has 0 bridgehead atoms. The van der Waals surface area contributed by atoms with Gasteiger partial charge in [-0.15, -0.1) is 10.2 Å². The zero-order valence-electron chi connectivity index (χ0n) is 16.0. The molecular weight excluding hydrogens is 376 g/mol. The molecule has 3 rings (SSSR count). The summed E-state index contributed by atoms with van der Waals surface area (Å²) in [5.41, 5.74) is 1.76. The SMILES string of the molecule is COc1ccc(C(=O)CSc2nnc(CC(C)c3ccccc3)o2)cc1OC. The fourth-order valence-electron chi connectivity index (χ4n) is 2.76. The first-order valence-corrected chi connectivity index (χ1v) is 9.84. The molecule has 0 saturated carbocycles. The Morgan fingerprint density at radius 1 is 1.07 bits per heavy atom. The standard InChI is InChI=1S/C21H22N2O4S/c1-14(15-7-5-4-6-8-15)11-20-22-23-21(27-20)28-13-17(24)16-9-10-18(25-2)19(12-16)26-3/h4-10,12,14H,11,13H2,1-3H3. The third kappa shape index (κ3) is 4.92. The maximum Gasteiger partial charge on any atom is 0.277 e. The van der Waals surface area contributed by atoms with Crippen LogP contribution < -0.4 is 9.47 Å². The number of carbonyl (C=O) groups is 1. The summed E-state index contributed by atoms with van der Waals surface area (Å²) >= 11 is 1.23. The van der Waals surface area contributed by atoms with Gasteiger partial charge in [0.15, 0.2) is 17.3 Å². The van der Waals surface area contributed by atoms with Crippen molar-refractivity contribution in [3.8, 4) is 11.5 Å². The van der Waals surface area contributed by atoms with Gasteiger partial charge in [-0.25, -0.2) is 0 Å². The molecule has 0 aliphatic carbocycles. The van der Waals surface area contributed by atoms with Gasteiger partial charge in [0, 0.05) is 12.0 Å². The number of ether oxygens (including phenoxy) is 2. The quantitative estimate of drug-likeness (QED) is 0.390. The van der Waals surface area contributed by atoms with Gasteiger partial charge in [0.2, 0.25) is 5.89 Å². The lowest BCUT2D eigenvalue weighted by molar-refractivity contribution is 0.102. The molecule has 3 aromatic rings. The summed E-state index contributed by atoms with van der Waals surface area (Å²) in [5, 5.41) is 8.53. The molecule has 0 radical (unpaired) electrons. The Kier molecular flexibility index (Phi) is 6.71. The number of aromatic nitrogens is 2. The van der Waals surface area contributed by atoms with Crippen LogP contribution in [0.1, 0.15) is 34.7 Å². The van der Waals surface area contributed by atoms with Crippen LogP contribution in [-0.4, -0.2) is 36.0 Å². The van der Waals surface area contributed by atoms with E-state index in [-0.39, 0.29) is 17.5 Å². The lowest BCUT2D eigenvalue weighted by Gasteiger charge is -2.08. The predicted octanol–water partition coefficient (Wildman–Crippen LogP) is 4.41. The highest BCUT2D eigenvalue weighted by molar-refractivity contribution is 7.99. The number of methoxy groups -OCH3 is 2. The van der Waals surface area contributed by atoms with E-state index in [1.807, 2.05) is 18.2 Å². The molecule has 6 nitrogen and oxygen atoms in total. The summed E-state index contributed by atoms with van der Waals surface area (Å²) < 4.78 is 16.1. The monoisotopic (exact) mass is 398 g/mol. The minimum Gasteiger partial charge on any atom is -0.493 e. The number of thioether (sulfide) groups is 1. The van der Waals surface area contributed by atoms with Gasteiger partial charge in [-0.3, -0.25) is 4.79 Å². The van der Waals surface area contributed by atoms with Crippen LogP contribution in [0.2, 0.25) is 0 Å². The molecule has 0 fully saturated rings. The Balaban J connectivity index is 1.57. The number of hydrogen-bond donors (Lipinski definition) is 0. The summed E-state index contributed by atoms with van der Waals surface area (Å²) in [6, 6.07) is 15.3. The molecule has 0 amide bonds. The maximum atomic E-state index is 12.4. The number of hydrogen-bond acceptors (Lipinski definition) is 7. The number of rotatable bonds is 9. The summed E-state index contributed by atoms with van der Waals surface area (Å²) in [7, 11) is 3.10. The molecule has 146 valence electrons. The molecule has 0 spiro atoms. The van der Waals surface area contributed by atoms with Crippen molar-refractivity contribution in [1.29, 1.82) is 0 Å². The number of nitrogens with zero attached hydrogens (tertiary/aromatic N) is 2. The van der Waals surface area contributed by atoms with E-state index in [2.05, 4.69) is 29.3 Å².